The molecule has 5 atom stereocenters. The highest BCUT2D eigenvalue weighted by Gasteiger charge is 2.45. The molecule has 1 aromatic rings. The van der Waals surface area contributed by atoms with Gasteiger partial charge < -0.3 is 15.4 Å². The Bertz CT molecular complexity index is 833. The number of hydrogen-bond acceptors (Lipinski definition) is 3. The van der Waals surface area contributed by atoms with Crippen LogP contribution in [0.1, 0.15) is 50.3 Å². The van der Waals surface area contributed by atoms with Gasteiger partial charge in [-0.2, -0.15) is 13.2 Å². The van der Waals surface area contributed by atoms with E-state index in [1.54, 1.807) is 6.08 Å². The molecule has 3 aliphatic rings. The highest BCUT2D eigenvalue weighted by molar-refractivity contribution is 5.58. The maximum atomic E-state index is 13.5. The number of anilines is 1. The molecule has 1 fully saturated rings. The number of nitrogens with one attached hydrogen (secondary N) is 2. The van der Waals surface area contributed by atoms with Crippen molar-refractivity contribution in [3.8, 4) is 0 Å². The molecular formula is C23H28F4N2O. The quantitative estimate of drug-likeness (QED) is 0.603. The monoisotopic (exact) mass is 424 g/mol. The Balaban J connectivity index is 1.65. The third-order valence-corrected chi connectivity index (χ3v) is 6.32. The van der Waals surface area contributed by atoms with Crippen LogP contribution >= 0.6 is 0 Å². The third-order valence-electron chi connectivity index (χ3n) is 6.32. The van der Waals surface area contributed by atoms with E-state index in [-0.39, 0.29) is 29.8 Å². The van der Waals surface area contributed by atoms with E-state index < -0.39 is 17.8 Å². The van der Waals surface area contributed by atoms with Crippen LogP contribution in [-0.2, 0) is 10.9 Å². The van der Waals surface area contributed by atoms with Gasteiger partial charge in [0.1, 0.15) is 5.83 Å². The van der Waals surface area contributed by atoms with Gasteiger partial charge in [-0.1, -0.05) is 19.9 Å². The molecule has 0 aromatic heterocycles. The molecule has 0 spiro atoms. The second kappa shape index (κ2) is 8.35. The third kappa shape index (κ3) is 4.42. The molecule has 30 heavy (non-hydrogen) atoms. The van der Waals surface area contributed by atoms with Gasteiger partial charge in [0, 0.05) is 41.7 Å². The van der Waals surface area contributed by atoms with Crippen LogP contribution < -0.4 is 10.6 Å². The number of hydrogen-bond donors (Lipinski definition) is 2. The molecule has 1 aromatic carbocycles. The van der Waals surface area contributed by atoms with Crippen molar-refractivity contribution in [3.05, 3.63) is 53.4 Å². The number of rotatable bonds is 4. The first-order valence-corrected chi connectivity index (χ1v) is 10.6. The summed E-state index contributed by atoms with van der Waals surface area (Å²) in [5.74, 6) is -0.143. The first kappa shape index (κ1) is 21.4. The van der Waals surface area contributed by atoms with E-state index in [0.29, 0.717) is 30.3 Å². The highest BCUT2D eigenvalue weighted by atomic mass is 19.4. The summed E-state index contributed by atoms with van der Waals surface area (Å²) in [6.45, 7) is 4.78. The summed E-state index contributed by atoms with van der Waals surface area (Å²) in [5.41, 5.74) is 0.589. The molecule has 0 amide bonds. The summed E-state index contributed by atoms with van der Waals surface area (Å²) < 4.78 is 59.9. The van der Waals surface area contributed by atoms with E-state index in [1.807, 2.05) is 6.08 Å². The first-order chi connectivity index (χ1) is 14.2. The molecule has 1 saturated heterocycles. The van der Waals surface area contributed by atoms with Crippen molar-refractivity contribution in [2.75, 3.05) is 11.9 Å². The Kier molecular flexibility index (Phi) is 5.95. The highest BCUT2D eigenvalue weighted by Crippen LogP contribution is 2.49. The molecule has 7 heteroatoms. The molecular weight excluding hydrogens is 396 g/mol. The van der Waals surface area contributed by atoms with Crippen LogP contribution in [0.25, 0.3) is 0 Å². The van der Waals surface area contributed by atoms with E-state index in [9.17, 15) is 17.6 Å². The summed E-state index contributed by atoms with van der Waals surface area (Å²) in [7, 11) is 0. The van der Waals surface area contributed by atoms with E-state index in [4.69, 9.17) is 4.74 Å². The molecule has 0 bridgehead atoms. The van der Waals surface area contributed by atoms with Crippen molar-refractivity contribution in [2.24, 2.45) is 11.8 Å². The van der Waals surface area contributed by atoms with E-state index in [2.05, 4.69) is 24.5 Å². The molecule has 2 N–H and O–H groups in total. The molecule has 4 rings (SSSR count). The summed E-state index contributed by atoms with van der Waals surface area (Å²) in [4.78, 5) is 0. The van der Waals surface area contributed by atoms with Crippen LogP contribution in [0.3, 0.4) is 0 Å². The smallest absolute Gasteiger partial charge is 0.381 e. The molecule has 3 nitrogen and oxygen atoms in total. The van der Waals surface area contributed by atoms with Crippen LogP contribution in [0.15, 0.2) is 42.3 Å². The molecule has 0 saturated carbocycles. The number of ether oxygens (including phenoxy) is 1. The van der Waals surface area contributed by atoms with Crippen molar-refractivity contribution in [2.45, 2.75) is 63.6 Å². The lowest BCUT2D eigenvalue weighted by Crippen LogP contribution is -2.48. The van der Waals surface area contributed by atoms with Crippen molar-refractivity contribution < 1.29 is 22.3 Å². The number of fused-ring (bicyclic) bond motifs is 3. The normalized spacial score (nSPS) is 31.0. The zero-order chi connectivity index (χ0) is 21.5. The van der Waals surface area contributed by atoms with Crippen LogP contribution in [-0.4, -0.2) is 24.7 Å². The lowest BCUT2D eigenvalue weighted by Gasteiger charge is -2.48. The summed E-state index contributed by atoms with van der Waals surface area (Å²) in [6.07, 6.45) is 2.31. The van der Waals surface area contributed by atoms with Gasteiger partial charge in [-0.15, -0.1) is 0 Å². The van der Waals surface area contributed by atoms with Gasteiger partial charge in [-0.25, -0.2) is 4.39 Å². The lowest BCUT2D eigenvalue weighted by molar-refractivity contribution is -0.138. The molecule has 2 aliphatic heterocycles. The van der Waals surface area contributed by atoms with Crippen molar-refractivity contribution in [3.63, 3.8) is 0 Å². The average Bonchev–Trinajstić information content (AvgIpc) is 2.71. The topological polar surface area (TPSA) is 33.3 Å². The Morgan fingerprint density at radius 1 is 1.23 bits per heavy atom. The molecule has 1 unspecified atom stereocenters. The maximum Gasteiger partial charge on any atom is 0.416 e. The van der Waals surface area contributed by atoms with E-state index in [0.717, 1.165) is 18.9 Å². The summed E-state index contributed by atoms with van der Waals surface area (Å²) in [6, 6.07) is 4.14. The van der Waals surface area contributed by atoms with Gasteiger partial charge >= 0.3 is 6.18 Å². The fourth-order valence-corrected chi connectivity index (χ4v) is 4.79. The van der Waals surface area contributed by atoms with Crippen LogP contribution in [0.5, 0.6) is 0 Å². The Labute approximate surface area is 174 Å². The minimum Gasteiger partial charge on any atom is -0.381 e. The van der Waals surface area contributed by atoms with Crippen LogP contribution in [0.2, 0.25) is 0 Å². The van der Waals surface area contributed by atoms with Crippen LogP contribution in [0.4, 0.5) is 23.2 Å². The predicted octanol–water partition coefficient (Wildman–Crippen LogP) is 5.76. The number of allylic oxidation sites excluding steroid dienone is 3. The average molecular weight is 424 g/mol. The maximum absolute atomic E-state index is 13.5. The lowest BCUT2D eigenvalue weighted by atomic mass is 9.73. The standard InChI is InChI=1S/C23H28F4N2O/c1-13(2)28-12-17-8-9-18-21(14-3-6-16(24)7-4-14)29-20-10-5-15(23(25,26)27)11-19(20)22(18)30-17/h3,5-7,10-11,13-14,17-18,21-22,28-29H,4,8-9,12H2,1-2H3/t14?,17-,18+,21+,22+/m1/s1. The second-order valence-electron chi connectivity index (χ2n) is 8.80. The molecule has 1 aliphatic carbocycles. The largest absolute Gasteiger partial charge is 0.416 e. The molecule has 0 radical (unpaired) electrons. The van der Waals surface area contributed by atoms with Crippen molar-refractivity contribution >= 4 is 5.69 Å². The SMILES string of the molecule is CC(C)NC[C@H]1CC[C@@H]2[C@H](O1)c1cc(C(F)(F)F)ccc1N[C@H]2C1C=CC(F)=CC1. The van der Waals surface area contributed by atoms with Gasteiger partial charge in [0.25, 0.3) is 0 Å². The van der Waals surface area contributed by atoms with Crippen molar-refractivity contribution in [1.29, 1.82) is 0 Å². The Hall–Kier alpha value is -1.86. The number of halogens is 4. The van der Waals surface area contributed by atoms with Gasteiger partial charge in [-0.05, 0) is 49.6 Å². The zero-order valence-corrected chi connectivity index (χ0v) is 17.2. The number of benzene rings is 1. The van der Waals surface area contributed by atoms with Gasteiger partial charge in [0.15, 0.2) is 0 Å². The minimum atomic E-state index is -4.40. The van der Waals surface area contributed by atoms with E-state index >= 15 is 0 Å². The number of alkyl halides is 3. The Morgan fingerprint density at radius 2 is 2.03 bits per heavy atom. The zero-order valence-electron chi connectivity index (χ0n) is 17.2. The summed E-state index contributed by atoms with van der Waals surface area (Å²) in [5, 5.41) is 6.83. The Morgan fingerprint density at radius 3 is 2.70 bits per heavy atom. The van der Waals surface area contributed by atoms with E-state index in [1.165, 1.54) is 18.2 Å². The molecule has 164 valence electrons. The fraction of sp³-hybridized carbons (Fsp3) is 0.565. The fourth-order valence-electron chi connectivity index (χ4n) is 4.79. The van der Waals surface area contributed by atoms with Gasteiger partial charge in [0.05, 0.1) is 17.8 Å². The molecule has 2 heterocycles. The first-order valence-electron chi connectivity index (χ1n) is 10.6. The second-order valence-corrected chi connectivity index (χ2v) is 8.80. The minimum absolute atomic E-state index is 0.0150. The van der Waals surface area contributed by atoms with Crippen molar-refractivity contribution in [1.82, 2.24) is 5.32 Å². The van der Waals surface area contributed by atoms with Gasteiger partial charge in [-0.3, -0.25) is 0 Å². The van der Waals surface area contributed by atoms with Crippen LogP contribution in [0, 0.1) is 11.8 Å². The van der Waals surface area contributed by atoms with Gasteiger partial charge in [0.2, 0.25) is 0 Å². The summed E-state index contributed by atoms with van der Waals surface area (Å²) >= 11 is 0. The predicted molar refractivity (Wildman–Crippen MR) is 109 cm³/mol.